The number of rotatable bonds is 4. The summed E-state index contributed by atoms with van der Waals surface area (Å²) in [6, 6.07) is 9.72. The fourth-order valence-electron chi connectivity index (χ4n) is 2.87. The van der Waals surface area contributed by atoms with E-state index in [1.54, 1.807) is 18.2 Å². The van der Waals surface area contributed by atoms with Gasteiger partial charge in [-0.15, -0.1) is 0 Å². The normalized spacial score (nSPS) is 18.7. The molecule has 1 atom stereocenters. The zero-order valence-corrected chi connectivity index (χ0v) is 13.5. The zero-order valence-electron chi connectivity index (χ0n) is 13.5. The van der Waals surface area contributed by atoms with Crippen LogP contribution < -0.4 is 14.8 Å². The number of halogens is 1. The number of ether oxygens (including phenoxy) is 2. The fourth-order valence-corrected chi connectivity index (χ4v) is 2.87. The van der Waals surface area contributed by atoms with E-state index in [4.69, 9.17) is 14.6 Å². The SMILES string of the molecule is O=C(Nc1ccc2c(c1)OCC(CO)O2)c1ccc(C2CC2)cc1F. The van der Waals surface area contributed by atoms with Gasteiger partial charge in [0, 0.05) is 11.8 Å². The summed E-state index contributed by atoms with van der Waals surface area (Å²) in [5, 5.41) is 11.8. The van der Waals surface area contributed by atoms with Gasteiger partial charge < -0.3 is 19.9 Å². The molecule has 1 saturated carbocycles. The number of aliphatic hydroxyl groups is 1. The van der Waals surface area contributed by atoms with Gasteiger partial charge in [0.05, 0.1) is 12.2 Å². The van der Waals surface area contributed by atoms with Gasteiger partial charge in [-0.2, -0.15) is 0 Å². The van der Waals surface area contributed by atoms with Crippen LogP contribution in [0.4, 0.5) is 10.1 Å². The number of hydrogen-bond acceptors (Lipinski definition) is 4. The third-order valence-corrected chi connectivity index (χ3v) is 4.41. The van der Waals surface area contributed by atoms with Crippen LogP contribution in [0.1, 0.15) is 34.7 Å². The second-order valence-corrected chi connectivity index (χ2v) is 6.36. The predicted octanol–water partition coefficient (Wildman–Crippen LogP) is 3.09. The molecule has 0 saturated heterocycles. The largest absolute Gasteiger partial charge is 0.486 e. The van der Waals surface area contributed by atoms with Crippen molar-refractivity contribution in [2.24, 2.45) is 0 Å². The molecule has 1 fully saturated rings. The Balaban J connectivity index is 1.49. The molecule has 1 aliphatic heterocycles. The average Bonchev–Trinajstić information content (AvgIpc) is 3.46. The molecule has 6 heteroatoms. The summed E-state index contributed by atoms with van der Waals surface area (Å²) >= 11 is 0. The van der Waals surface area contributed by atoms with Gasteiger partial charge in [-0.05, 0) is 48.6 Å². The van der Waals surface area contributed by atoms with Gasteiger partial charge >= 0.3 is 0 Å². The van der Waals surface area contributed by atoms with E-state index in [2.05, 4.69) is 5.32 Å². The van der Waals surface area contributed by atoms with Crippen molar-refractivity contribution in [3.05, 3.63) is 53.3 Å². The summed E-state index contributed by atoms with van der Waals surface area (Å²) in [6.45, 7) is 0.103. The van der Waals surface area contributed by atoms with Crippen LogP contribution in [0.15, 0.2) is 36.4 Å². The number of nitrogens with one attached hydrogen (secondary N) is 1. The summed E-state index contributed by atoms with van der Waals surface area (Å²) < 4.78 is 25.3. The van der Waals surface area contributed by atoms with Crippen LogP contribution >= 0.6 is 0 Å². The van der Waals surface area contributed by atoms with Gasteiger partial charge in [0.1, 0.15) is 12.4 Å². The molecule has 4 rings (SSSR count). The number of benzene rings is 2. The fraction of sp³-hybridized carbons (Fsp3) is 0.316. The van der Waals surface area contributed by atoms with Crippen molar-refractivity contribution in [3.8, 4) is 11.5 Å². The molecule has 1 unspecified atom stereocenters. The van der Waals surface area contributed by atoms with Crippen LogP contribution in [0.3, 0.4) is 0 Å². The number of hydrogen-bond donors (Lipinski definition) is 2. The van der Waals surface area contributed by atoms with E-state index >= 15 is 0 Å². The van der Waals surface area contributed by atoms with Crippen LogP contribution in [-0.4, -0.2) is 30.3 Å². The van der Waals surface area contributed by atoms with Crippen LogP contribution in [0.25, 0.3) is 0 Å². The molecule has 130 valence electrons. The lowest BCUT2D eigenvalue weighted by atomic mass is 10.1. The second-order valence-electron chi connectivity index (χ2n) is 6.36. The zero-order chi connectivity index (χ0) is 17.4. The van der Waals surface area contributed by atoms with E-state index in [0.717, 1.165) is 18.4 Å². The van der Waals surface area contributed by atoms with Crippen molar-refractivity contribution in [1.29, 1.82) is 0 Å². The third-order valence-electron chi connectivity index (χ3n) is 4.41. The summed E-state index contributed by atoms with van der Waals surface area (Å²) in [7, 11) is 0. The van der Waals surface area contributed by atoms with Gasteiger partial charge in [-0.3, -0.25) is 4.79 Å². The van der Waals surface area contributed by atoms with Gasteiger partial charge in [0.15, 0.2) is 17.6 Å². The average molecular weight is 343 g/mol. The second kappa shape index (κ2) is 6.37. The first-order chi connectivity index (χ1) is 12.1. The lowest BCUT2D eigenvalue weighted by Crippen LogP contribution is -2.32. The number of carbonyl (C=O) groups is 1. The van der Waals surface area contributed by atoms with Crippen molar-refractivity contribution >= 4 is 11.6 Å². The Morgan fingerprint density at radius 2 is 2.04 bits per heavy atom. The Bertz CT molecular complexity index is 819. The first-order valence-electron chi connectivity index (χ1n) is 8.29. The Hall–Kier alpha value is -2.60. The highest BCUT2D eigenvalue weighted by Crippen LogP contribution is 2.40. The number of amides is 1. The quantitative estimate of drug-likeness (QED) is 0.895. The van der Waals surface area contributed by atoms with E-state index in [-0.39, 0.29) is 18.8 Å². The van der Waals surface area contributed by atoms with Gasteiger partial charge in [-0.25, -0.2) is 4.39 Å². The van der Waals surface area contributed by atoms with Crippen molar-refractivity contribution in [1.82, 2.24) is 0 Å². The van der Waals surface area contributed by atoms with Crippen molar-refractivity contribution in [2.75, 3.05) is 18.5 Å². The van der Waals surface area contributed by atoms with Crippen LogP contribution in [-0.2, 0) is 0 Å². The summed E-state index contributed by atoms with van der Waals surface area (Å²) in [5.74, 6) is 0.400. The maximum atomic E-state index is 14.2. The maximum absolute atomic E-state index is 14.2. The molecular weight excluding hydrogens is 325 g/mol. The highest BCUT2D eigenvalue weighted by Gasteiger charge is 2.25. The molecule has 0 aromatic heterocycles. The molecule has 1 aliphatic carbocycles. The summed E-state index contributed by atoms with van der Waals surface area (Å²) in [4.78, 5) is 12.3. The number of fused-ring (bicyclic) bond motifs is 1. The predicted molar refractivity (Wildman–Crippen MR) is 89.8 cm³/mol. The molecular formula is C19H18FNO4. The Kier molecular flexibility index (Phi) is 4.05. The molecule has 5 nitrogen and oxygen atoms in total. The van der Waals surface area contributed by atoms with Crippen LogP contribution in [0.5, 0.6) is 11.5 Å². The van der Waals surface area contributed by atoms with E-state index in [9.17, 15) is 9.18 Å². The Morgan fingerprint density at radius 1 is 1.20 bits per heavy atom. The van der Waals surface area contributed by atoms with Crippen LogP contribution in [0.2, 0.25) is 0 Å². The molecule has 2 N–H and O–H groups in total. The first-order valence-corrected chi connectivity index (χ1v) is 8.29. The maximum Gasteiger partial charge on any atom is 0.258 e. The summed E-state index contributed by atoms with van der Waals surface area (Å²) in [6.07, 6.45) is 1.77. The molecule has 0 radical (unpaired) electrons. The van der Waals surface area contributed by atoms with Crippen molar-refractivity contribution in [3.63, 3.8) is 0 Å². The van der Waals surface area contributed by atoms with Gasteiger partial charge in [0.25, 0.3) is 5.91 Å². The lowest BCUT2D eigenvalue weighted by Gasteiger charge is -2.25. The Labute approximate surface area is 144 Å². The molecule has 0 spiro atoms. The third kappa shape index (κ3) is 3.30. The minimum absolute atomic E-state index is 0.0135. The van der Waals surface area contributed by atoms with Crippen molar-refractivity contribution in [2.45, 2.75) is 24.9 Å². The molecule has 0 bridgehead atoms. The molecule has 25 heavy (non-hydrogen) atoms. The topological polar surface area (TPSA) is 67.8 Å². The van der Waals surface area contributed by atoms with Gasteiger partial charge in [-0.1, -0.05) is 6.07 Å². The highest BCUT2D eigenvalue weighted by atomic mass is 19.1. The Morgan fingerprint density at radius 3 is 2.76 bits per heavy atom. The molecule has 2 aliphatic rings. The highest BCUT2D eigenvalue weighted by molar-refractivity contribution is 6.04. The lowest BCUT2D eigenvalue weighted by molar-refractivity contribution is 0.0457. The molecule has 2 aromatic carbocycles. The first kappa shape index (κ1) is 15.9. The van der Waals surface area contributed by atoms with E-state index in [0.29, 0.717) is 23.1 Å². The van der Waals surface area contributed by atoms with Crippen molar-refractivity contribution < 1.29 is 23.8 Å². The van der Waals surface area contributed by atoms with Crippen LogP contribution in [0, 0.1) is 5.82 Å². The minimum atomic E-state index is -0.509. The minimum Gasteiger partial charge on any atom is -0.486 e. The molecule has 2 aromatic rings. The van der Waals surface area contributed by atoms with E-state index in [1.807, 2.05) is 6.07 Å². The number of anilines is 1. The molecule has 1 amide bonds. The van der Waals surface area contributed by atoms with Gasteiger partial charge in [0.2, 0.25) is 0 Å². The number of aliphatic hydroxyl groups excluding tert-OH is 1. The molecule has 1 heterocycles. The smallest absolute Gasteiger partial charge is 0.258 e. The number of carbonyl (C=O) groups excluding carboxylic acids is 1. The van der Waals surface area contributed by atoms with E-state index in [1.165, 1.54) is 12.1 Å². The van der Waals surface area contributed by atoms with E-state index < -0.39 is 17.8 Å². The summed E-state index contributed by atoms with van der Waals surface area (Å²) in [5.41, 5.74) is 1.45. The monoisotopic (exact) mass is 343 g/mol. The standard InChI is InChI=1S/C19H18FNO4/c20-16-7-12(11-1-2-11)3-5-15(16)19(23)21-13-4-6-17-18(8-13)24-10-14(9-22)25-17/h3-8,11,14,22H,1-2,9-10H2,(H,21,23).